The smallest absolute Gasteiger partial charge is 0.342 e. The summed E-state index contributed by atoms with van der Waals surface area (Å²) >= 11 is 0. The first kappa shape index (κ1) is 17.5. The number of ether oxygens (including phenoxy) is 2. The van der Waals surface area contributed by atoms with E-state index < -0.39 is 11.9 Å². The molecule has 0 aliphatic carbocycles. The minimum absolute atomic E-state index is 0.297. The van der Waals surface area contributed by atoms with Crippen molar-refractivity contribution in [3.05, 3.63) is 71.8 Å². The van der Waals surface area contributed by atoms with Gasteiger partial charge in [-0.2, -0.15) is 0 Å². The van der Waals surface area contributed by atoms with Gasteiger partial charge >= 0.3 is 5.97 Å². The van der Waals surface area contributed by atoms with Gasteiger partial charge in [0.1, 0.15) is 11.3 Å². The zero-order chi connectivity index (χ0) is 18.5. The third kappa shape index (κ3) is 4.00. The molecule has 5 heteroatoms. The van der Waals surface area contributed by atoms with Gasteiger partial charge in [0.05, 0.1) is 7.11 Å². The van der Waals surface area contributed by atoms with E-state index in [0.29, 0.717) is 17.0 Å². The van der Waals surface area contributed by atoms with Crippen LogP contribution >= 0.6 is 0 Å². The first-order valence-electron chi connectivity index (χ1n) is 8.17. The molecule has 3 aromatic rings. The van der Waals surface area contributed by atoms with Crippen molar-refractivity contribution in [1.82, 2.24) is 0 Å². The van der Waals surface area contributed by atoms with Gasteiger partial charge in [0.25, 0.3) is 5.91 Å². The third-order valence-electron chi connectivity index (χ3n) is 3.94. The normalized spacial score (nSPS) is 10.4. The summed E-state index contributed by atoms with van der Waals surface area (Å²) in [7, 11) is 1.48. The van der Waals surface area contributed by atoms with E-state index in [4.69, 9.17) is 9.47 Å². The fourth-order valence-electron chi connectivity index (χ4n) is 2.65. The molecule has 0 saturated carbocycles. The Hall–Kier alpha value is -3.34. The number of amides is 1. The number of benzene rings is 3. The Morgan fingerprint density at radius 3 is 2.50 bits per heavy atom. The van der Waals surface area contributed by atoms with Gasteiger partial charge in [-0.25, -0.2) is 4.79 Å². The molecule has 0 spiro atoms. The molecule has 3 rings (SSSR count). The van der Waals surface area contributed by atoms with Crippen molar-refractivity contribution < 1.29 is 19.1 Å². The largest absolute Gasteiger partial charge is 0.496 e. The standard InChI is InChI=1S/C21H19NO4/c1-14-7-10-19(25-2)18(11-14)21(24)26-13-20(23)22-17-9-8-15-5-3-4-6-16(15)12-17/h3-12H,13H2,1-2H3,(H,22,23). The van der Waals surface area contributed by atoms with Crippen LogP contribution < -0.4 is 10.1 Å². The molecule has 0 aliphatic rings. The predicted octanol–water partition coefficient (Wildman–Crippen LogP) is 3.95. The molecule has 0 bridgehead atoms. The van der Waals surface area contributed by atoms with E-state index in [-0.39, 0.29) is 6.61 Å². The van der Waals surface area contributed by atoms with Gasteiger partial charge in [0.2, 0.25) is 0 Å². The summed E-state index contributed by atoms with van der Waals surface area (Å²) in [5.41, 5.74) is 1.85. The maximum atomic E-state index is 12.2. The summed E-state index contributed by atoms with van der Waals surface area (Å²) < 4.78 is 10.3. The van der Waals surface area contributed by atoms with Crippen molar-refractivity contribution >= 4 is 28.3 Å². The maximum absolute atomic E-state index is 12.2. The van der Waals surface area contributed by atoms with Crippen LogP contribution in [-0.2, 0) is 9.53 Å². The van der Waals surface area contributed by atoms with Crippen LogP contribution in [0, 0.1) is 6.92 Å². The molecule has 1 N–H and O–H groups in total. The van der Waals surface area contributed by atoms with Crippen molar-refractivity contribution in [2.24, 2.45) is 0 Å². The molecule has 26 heavy (non-hydrogen) atoms. The lowest BCUT2D eigenvalue weighted by Gasteiger charge is -2.10. The molecule has 3 aromatic carbocycles. The number of nitrogens with one attached hydrogen (secondary N) is 1. The average molecular weight is 349 g/mol. The van der Waals surface area contributed by atoms with Crippen LogP contribution in [0.4, 0.5) is 5.69 Å². The number of methoxy groups -OCH3 is 1. The third-order valence-corrected chi connectivity index (χ3v) is 3.94. The number of fused-ring (bicyclic) bond motifs is 1. The van der Waals surface area contributed by atoms with Gasteiger partial charge in [-0.3, -0.25) is 4.79 Å². The Morgan fingerprint density at radius 2 is 1.73 bits per heavy atom. The summed E-state index contributed by atoms with van der Waals surface area (Å²) in [5.74, 6) is -0.588. The van der Waals surface area contributed by atoms with Gasteiger partial charge in [0, 0.05) is 5.69 Å². The van der Waals surface area contributed by atoms with E-state index >= 15 is 0 Å². The van der Waals surface area contributed by atoms with Crippen LogP contribution in [0.25, 0.3) is 10.8 Å². The Morgan fingerprint density at radius 1 is 0.962 bits per heavy atom. The van der Waals surface area contributed by atoms with E-state index in [1.165, 1.54) is 7.11 Å². The van der Waals surface area contributed by atoms with Crippen LogP contribution in [-0.4, -0.2) is 25.6 Å². The van der Waals surface area contributed by atoms with Gasteiger partial charge in [0.15, 0.2) is 6.61 Å². The molecule has 0 fully saturated rings. The molecule has 0 aromatic heterocycles. The summed E-state index contributed by atoms with van der Waals surface area (Å²) in [6.07, 6.45) is 0. The Kier molecular flexibility index (Phi) is 5.17. The minimum Gasteiger partial charge on any atom is -0.496 e. The first-order valence-corrected chi connectivity index (χ1v) is 8.17. The summed E-state index contributed by atoms with van der Waals surface area (Å²) in [5, 5.41) is 4.84. The second-order valence-electron chi connectivity index (χ2n) is 5.89. The van der Waals surface area contributed by atoms with Crippen molar-refractivity contribution in [2.45, 2.75) is 6.92 Å². The van der Waals surface area contributed by atoms with Crippen LogP contribution in [0.2, 0.25) is 0 Å². The molecule has 0 atom stereocenters. The number of aryl methyl sites for hydroxylation is 1. The SMILES string of the molecule is COc1ccc(C)cc1C(=O)OCC(=O)Nc1ccc2ccccc2c1. The highest BCUT2D eigenvalue weighted by Crippen LogP contribution is 2.21. The second kappa shape index (κ2) is 7.70. The number of hydrogen-bond acceptors (Lipinski definition) is 4. The monoisotopic (exact) mass is 349 g/mol. The topological polar surface area (TPSA) is 64.6 Å². The number of carbonyl (C=O) groups is 2. The van der Waals surface area contributed by atoms with Crippen molar-refractivity contribution in [1.29, 1.82) is 0 Å². The lowest BCUT2D eigenvalue weighted by Crippen LogP contribution is -2.21. The highest BCUT2D eigenvalue weighted by atomic mass is 16.5. The highest BCUT2D eigenvalue weighted by Gasteiger charge is 2.15. The Bertz CT molecular complexity index is 965. The quantitative estimate of drug-likeness (QED) is 0.708. The lowest BCUT2D eigenvalue weighted by molar-refractivity contribution is -0.119. The lowest BCUT2D eigenvalue weighted by atomic mass is 10.1. The van der Waals surface area contributed by atoms with Crippen LogP contribution in [0.15, 0.2) is 60.7 Å². The number of rotatable bonds is 5. The molecule has 0 aliphatic heterocycles. The number of carbonyl (C=O) groups excluding carboxylic acids is 2. The summed E-state index contributed by atoms with van der Waals surface area (Å²) in [6.45, 7) is 1.49. The van der Waals surface area contributed by atoms with Crippen LogP contribution in [0.5, 0.6) is 5.75 Å². The van der Waals surface area contributed by atoms with Crippen molar-refractivity contribution in [2.75, 3.05) is 19.0 Å². The molecule has 0 unspecified atom stereocenters. The fourth-order valence-corrected chi connectivity index (χ4v) is 2.65. The molecular formula is C21H19NO4. The van der Waals surface area contributed by atoms with E-state index in [1.807, 2.05) is 55.5 Å². The second-order valence-corrected chi connectivity index (χ2v) is 5.89. The molecule has 0 saturated heterocycles. The summed E-state index contributed by atoms with van der Waals surface area (Å²) in [6, 6.07) is 18.7. The highest BCUT2D eigenvalue weighted by molar-refractivity contribution is 5.98. The van der Waals surface area contributed by atoms with Crippen molar-refractivity contribution in [3.63, 3.8) is 0 Å². The molecule has 5 nitrogen and oxygen atoms in total. The summed E-state index contributed by atoms with van der Waals surface area (Å²) in [4.78, 5) is 24.3. The first-order chi connectivity index (χ1) is 12.6. The molecule has 132 valence electrons. The average Bonchev–Trinajstić information content (AvgIpc) is 2.66. The van der Waals surface area contributed by atoms with E-state index in [1.54, 1.807) is 12.1 Å². The molecule has 0 heterocycles. The molecule has 0 radical (unpaired) electrons. The van der Waals surface area contributed by atoms with Crippen LogP contribution in [0.3, 0.4) is 0 Å². The van der Waals surface area contributed by atoms with Gasteiger partial charge < -0.3 is 14.8 Å². The molecular weight excluding hydrogens is 330 g/mol. The zero-order valence-corrected chi connectivity index (χ0v) is 14.6. The van der Waals surface area contributed by atoms with E-state index in [0.717, 1.165) is 16.3 Å². The van der Waals surface area contributed by atoms with E-state index in [2.05, 4.69) is 5.32 Å². The maximum Gasteiger partial charge on any atom is 0.342 e. The van der Waals surface area contributed by atoms with Gasteiger partial charge in [-0.05, 0) is 42.0 Å². The van der Waals surface area contributed by atoms with Gasteiger partial charge in [-0.1, -0.05) is 42.0 Å². The number of esters is 1. The fraction of sp³-hybridized carbons (Fsp3) is 0.143. The minimum atomic E-state index is -0.598. The Labute approximate surface area is 151 Å². The Balaban J connectivity index is 1.63. The predicted molar refractivity (Wildman–Crippen MR) is 101 cm³/mol. The molecule has 1 amide bonds. The van der Waals surface area contributed by atoms with Crippen LogP contribution in [0.1, 0.15) is 15.9 Å². The van der Waals surface area contributed by atoms with Gasteiger partial charge in [-0.15, -0.1) is 0 Å². The zero-order valence-electron chi connectivity index (χ0n) is 14.6. The number of anilines is 1. The van der Waals surface area contributed by atoms with Crippen molar-refractivity contribution in [3.8, 4) is 5.75 Å². The number of hydrogen-bond donors (Lipinski definition) is 1. The van der Waals surface area contributed by atoms with E-state index in [9.17, 15) is 9.59 Å².